The van der Waals surface area contributed by atoms with Crippen LogP contribution >= 0.6 is 0 Å². The summed E-state index contributed by atoms with van der Waals surface area (Å²) in [6.07, 6.45) is 4.77. The van der Waals surface area contributed by atoms with E-state index in [-0.39, 0.29) is 23.1 Å². The van der Waals surface area contributed by atoms with Gasteiger partial charge >= 0.3 is 0 Å². The van der Waals surface area contributed by atoms with Gasteiger partial charge in [-0.2, -0.15) is 0 Å². The lowest BCUT2D eigenvalue weighted by atomic mass is 9.91. The Morgan fingerprint density at radius 2 is 1.77 bits per heavy atom. The smallest absolute Gasteiger partial charge is 0.227 e. The summed E-state index contributed by atoms with van der Waals surface area (Å²) in [7, 11) is 4.03. The first-order valence-electron chi connectivity index (χ1n) is 11.3. The van der Waals surface area contributed by atoms with Crippen molar-refractivity contribution in [2.45, 2.75) is 73.3 Å². The number of hydrogen-bond donors (Lipinski definition) is 1. The Hall–Kier alpha value is -2.04. The zero-order chi connectivity index (χ0) is 22.5. The standard InChI is InChI=1S/C25H41N3O2/c1-18(2)16-28(23(29)15-25(3,4)5)17-20-14-21(12-13-22(20)27(6)7)26-24(30)19-10-8-9-11-19/h12-14,18-19H,8-11,15-17H2,1-7H3,(H,26,30). The minimum absolute atomic E-state index is 0.0478. The molecule has 0 aliphatic heterocycles. The van der Waals surface area contributed by atoms with Gasteiger partial charge in [0.15, 0.2) is 0 Å². The minimum Gasteiger partial charge on any atom is -0.377 e. The van der Waals surface area contributed by atoms with E-state index in [4.69, 9.17) is 0 Å². The first-order valence-corrected chi connectivity index (χ1v) is 11.3. The van der Waals surface area contributed by atoms with Crippen LogP contribution in [0.2, 0.25) is 0 Å². The maximum absolute atomic E-state index is 13.1. The molecule has 1 saturated carbocycles. The van der Waals surface area contributed by atoms with E-state index >= 15 is 0 Å². The van der Waals surface area contributed by atoms with Crippen LogP contribution in [0.15, 0.2) is 18.2 Å². The molecular formula is C25H41N3O2. The first kappa shape index (κ1) is 24.2. The van der Waals surface area contributed by atoms with Crippen molar-refractivity contribution in [3.8, 4) is 0 Å². The van der Waals surface area contributed by atoms with Crippen molar-refractivity contribution < 1.29 is 9.59 Å². The lowest BCUT2D eigenvalue weighted by Crippen LogP contribution is -2.36. The van der Waals surface area contributed by atoms with Crippen molar-refractivity contribution in [2.24, 2.45) is 17.3 Å². The molecule has 0 heterocycles. The monoisotopic (exact) mass is 415 g/mol. The highest BCUT2D eigenvalue weighted by molar-refractivity contribution is 5.93. The molecular weight excluding hydrogens is 374 g/mol. The molecule has 5 nitrogen and oxygen atoms in total. The molecule has 1 N–H and O–H groups in total. The van der Waals surface area contributed by atoms with E-state index < -0.39 is 0 Å². The highest BCUT2D eigenvalue weighted by atomic mass is 16.2. The van der Waals surface area contributed by atoms with Gasteiger partial charge in [0.2, 0.25) is 11.8 Å². The van der Waals surface area contributed by atoms with E-state index in [9.17, 15) is 9.59 Å². The summed E-state index contributed by atoms with van der Waals surface area (Å²) in [4.78, 5) is 29.7. The summed E-state index contributed by atoms with van der Waals surface area (Å²) >= 11 is 0. The van der Waals surface area contributed by atoms with E-state index in [2.05, 4.69) is 44.8 Å². The number of anilines is 2. The van der Waals surface area contributed by atoms with Crippen molar-refractivity contribution in [1.29, 1.82) is 0 Å². The predicted octanol–water partition coefficient (Wildman–Crippen LogP) is 5.30. The van der Waals surface area contributed by atoms with E-state index in [0.29, 0.717) is 18.9 Å². The minimum atomic E-state index is -0.0478. The molecule has 5 heteroatoms. The molecule has 0 unspecified atom stereocenters. The van der Waals surface area contributed by atoms with Crippen LogP contribution < -0.4 is 10.2 Å². The molecule has 1 fully saturated rings. The lowest BCUT2D eigenvalue weighted by molar-refractivity contribution is -0.134. The van der Waals surface area contributed by atoms with Gasteiger partial charge in [0.25, 0.3) is 0 Å². The SMILES string of the molecule is CC(C)CN(Cc1cc(NC(=O)C2CCCC2)ccc1N(C)C)C(=O)CC(C)(C)C. The molecule has 2 amide bonds. The normalized spacial score (nSPS) is 14.8. The maximum Gasteiger partial charge on any atom is 0.227 e. The molecule has 0 atom stereocenters. The van der Waals surface area contributed by atoms with Crippen molar-refractivity contribution in [2.75, 3.05) is 30.9 Å². The van der Waals surface area contributed by atoms with Gasteiger partial charge in [0.05, 0.1) is 0 Å². The quantitative estimate of drug-likeness (QED) is 0.627. The number of carbonyl (C=O) groups excluding carboxylic acids is 2. The third-order valence-corrected chi connectivity index (χ3v) is 5.54. The Bertz CT molecular complexity index is 728. The summed E-state index contributed by atoms with van der Waals surface area (Å²) in [5.41, 5.74) is 2.91. The zero-order valence-corrected chi connectivity index (χ0v) is 20.0. The highest BCUT2D eigenvalue weighted by Crippen LogP contribution is 2.29. The van der Waals surface area contributed by atoms with Crippen LogP contribution in [-0.4, -0.2) is 37.4 Å². The summed E-state index contributed by atoms with van der Waals surface area (Å²) in [6, 6.07) is 6.05. The lowest BCUT2D eigenvalue weighted by Gasteiger charge is -2.30. The highest BCUT2D eigenvalue weighted by Gasteiger charge is 2.25. The molecule has 0 saturated heterocycles. The molecule has 0 radical (unpaired) electrons. The van der Waals surface area contributed by atoms with Crippen molar-refractivity contribution in [1.82, 2.24) is 4.90 Å². The number of benzene rings is 1. The van der Waals surface area contributed by atoms with Gasteiger partial charge in [0.1, 0.15) is 0 Å². The summed E-state index contributed by atoms with van der Waals surface area (Å²) in [5.74, 6) is 0.829. The predicted molar refractivity (Wildman–Crippen MR) is 126 cm³/mol. The van der Waals surface area contributed by atoms with E-state index in [1.54, 1.807) is 0 Å². The molecule has 30 heavy (non-hydrogen) atoms. The number of carbonyl (C=O) groups is 2. The first-order chi connectivity index (χ1) is 14.0. The molecule has 0 bridgehead atoms. The summed E-state index contributed by atoms with van der Waals surface area (Å²) in [5, 5.41) is 3.11. The third-order valence-electron chi connectivity index (χ3n) is 5.54. The fourth-order valence-electron chi connectivity index (χ4n) is 4.12. The molecule has 1 aliphatic rings. The second-order valence-corrected chi connectivity index (χ2v) is 10.6. The van der Waals surface area contributed by atoms with Crippen LogP contribution in [0.4, 0.5) is 11.4 Å². The summed E-state index contributed by atoms with van der Waals surface area (Å²) < 4.78 is 0. The topological polar surface area (TPSA) is 52.7 Å². The number of amides is 2. The van der Waals surface area contributed by atoms with Crippen molar-refractivity contribution in [3.63, 3.8) is 0 Å². The van der Waals surface area contributed by atoms with Crippen molar-refractivity contribution in [3.05, 3.63) is 23.8 Å². The van der Waals surface area contributed by atoms with Gasteiger partial charge in [-0.25, -0.2) is 0 Å². The Balaban J connectivity index is 2.25. The fourth-order valence-corrected chi connectivity index (χ4v) is 4.12. The Morgan fingerprint density at radius 1 is 1.13 bits per heavy atom. The largest absolute Gasteiger partial charge is 0.377 e. The number of nitrogens with zero attached hydrogens (tertiary/aromatic N) is 2. The number of rotatable bonds is 8. The second kappa shape index (κ2) is 10.3. The average Bonchev–Trinajstić information content (AvgIpc) is 3.14. The van der Waals surface area contributed by atoms with Gasteiger partial charge in [-0.1, -0.05) is 47.5 Å². The van der Waals surface area contributed by atoms with Crippen LogP contribution in [0, 0.1) is 17.3 Å². The Kier molecular flexibility index (Phi) is 8.34. The van der Waals surface area contributed by atoms with E-state index in [0.717, 1.165) is 49.2 Å². The van der Waals surface area contributed by atoms with Crippen LogP contribution in [0.5, 0.6) is 0 Å². The van der Waals surface area contributed by atoms with Crippen LogP contribution in [0.3, 0.4) is 0 Å². The summed E-state index contributed by atoms with van der Waals surface area (Å²) in [6.45, 7) is 11.9. The zero-order valence-electron chi connectivity index (χ0n) is 20.0. The Labute approximate surface area is 183 Å². The van der Waals surface area contributed by atoms with Crippen LogP contribution in [-0.2, 0) is 16.1 Å². The Morgan fingerprint density at radius 3 is 2.30 bits per heavy atom. The molecule has 1 aliphatic carbocycles. The number of hydrogen-bond acceptors (Lipinski definition) is 3. The van der Waals surface area contributed by atoms with Crippen molar-refractivity contribution >= 4 is 23.2 Å². The van der Waals surface area contributed by atoms with Gasteiger partial charge in [-0.3, -0.25) is 9.59 Å². The van der Waals surface area contributed by atoms with E-state index in [1.807, 2.05) is 37.2 Å². The molecule has 168 valence electrons. The van der Waals surface area contributed by atoms with Gasteiger partial charge < -0.3 is 15.1 Å². The molecule has 1 aromatic rings. The van der Waals surface area contributed by atoms with Gasteiger partial charge in [-0.15, -0.1) is 0 Å². The second-order valence-electron chi connectivity index (χ2n) is 10.6. The van der Waals surface area contributed by atoms with Crippen LogP contribution in [0.1, 0.15) is 72.3 Å². The molecule has 0 spiro atoms. The van der Waals surface area contributed by atoms with Gasteiger partial charge in [0, 0.05) is 50.9 Å². The molecule has 0 aromatic heterocycles. The van der Waals surface area contributed by atoms with Crippen LogP contribution in [0.25, 0.3) is 0 Å². The number of nitrogens with one attached hydrogen (secondary N) is 1. The molecule has 2 rings (SSSR count). The third kappa shape index (κ3) is 7.33. The maximum atomic E-state index is 13.1. The van der Waals surface area contributed by atoms with Gasteiger partial charge in [-0.05, 0) is 47.9 Å². The average molecular weight is 416 g/mol. The fraction of sp³-hybridized carbons (Fsp3) is 0.680. The van der Waals surface area contributed by atoms with E-state index in [1.165, 1.54) is 0 Å². The molecule has 1 aromatic carbocycles.